The number of likely N-dealkylation sites (N-methyl/N-ethyl adjacent to an activating group) is 1. The number of ether oxygens (including phenoxy) is 1. The van der Waals surface area contributed by atoms with E-state index in [0.717, 1.165) is 28.1 Å². The van der Waals surface area contributed by atoms with Crippen LogP contribution in [-0.4, -0.2) is 30.8 Å². The van der Waals surface area contributed by atoms with E-state index in [2.05, 4.69) is 0 Å². The average Bonchev–Trinajstić information content (AvgIpc) is 2.31. The lowest BCUT2D eigenvalue weighted by atomic mass is 10.00. The fraction of sp³-hybridized carbons (Fsp3) is 0.533. The van der Waals surface area contributed by atoms with Gasteiger partial charge >= 0.3 is 0 Å². The van der Waals surface area contributed by atoms with Crippen molar-refractivity contribution in [1.82, 2.24) is 0 Å². The third-order valence-electron chi connectivity index (χ3n) is 3.39. The van der Waals surface area contributed by atoms with E-state index in [0.29, 0.717) is 0 Å². The highest BCUT2D eigenvalue weighted by molar-refractivity contribution is 5.99. The Bertz CT molecular complexity index is 501. The molecule has 1 aromatic carbocycles. The standard InChI is InChI=1S/C15H23NO3/c1-9-8-12(19-7)10(2)11(3)13(9)16(6)14(17)15(4,5)18/h8,18H,1-7H3. The summed E-state index contributed by atoms with van der Waals surface area (Å²) in [6.45, 7) is 8.83. The zero-order valence-corrected chi connectivity index (χ0v) is 12.8. The summed E-state index contributed by atoms with van der Waals surface area (Å²) in [6, 6.07) is 1.91. The van der Waals surface area contributed by atoms with Gasteiger partial charge in [0.1, 0.15) is 11.4 Å². The largest absolute Gasteiger partial charge is 0.496 e. The summed E-state index contributed by atoms with van der Waals surface area (Å²) in [5, 5.41) is 9.85. The van der Waals surface area contributed by atoms with Gasteiger partial charge in [0.15, 0.2) is 0 Å². The molecule has 1 N–H and O–H groups in total. The van der Waals surface area contributed by atoms with Crippen LogP contribution in [0.2, 0.25) is 0 Å². The Morgan fingerprint density at radius 3 is 2.21 bits per heavy atom. The number of rotatable bonds is 3. The minimum absolute atomic E-state index is 0.330. The van der Waals surface area contributed by atoms with Gasteiger partial charge in [-0.3, -0.25) is 4.79 Å². The van der Waals surface area contributed by atoms with Gasteiger partial charge in [-0.05, 0) is 57.4 Å². The number of aliphatic hydroxyl groups is 1. The highest BCUT2D eigenvalue weighted by Crippen LogP contribution is 2.33. The number of carbonyl (C=O) groups excluding carboxylic acids is 1. The summed E-state index contributed by atoms with van der Waals surface area (Å²) >= 11 is 0. The normalized spacial score (nSPS) is 11.4. The predicted molar refractivity (Wildman–Crippen MR) is 76.9 cm³/mol. The molecular formula is C15H23NO3. The molecule has 0 atom stereocenters. The maximum absolute atomic E-state index is 12.2. The van der Waals surface area contributed by atoms with E-state index in [1.54, 1.807) is 14.2 Å². The second kappa shape index (κ2) is 5.21. The van der Waals surface area contributed by atoms with Gasteiger partial charge in [-0.25, -0.2) is 0 Å². The van der Waals surface area contributed by atoms with Gasteiger partial charge in [-0.15, -0.1) is 0 Å². The molecular weight excluding hydrogens is 242 g/mol. The Hall–Kier alpha value is -1.55. The number of nitrogens with zero attached hydrogens (tertiary/aromatic N) is 1. The summed E-state index contributed by atoms with van der Waals surface area (Å²) in [4.78, 5) is 13.7. The van der Waals surface area contributed by atoms with Gasteiger partial charge in [-0.2, -0.15) is 0 Å². The van der Waals surface area contributed by atoms with E-state index in [1.807, 2.05) is 26.8 Å². The number of hydrogen-bond donors (Lipinski definition) is 1. The van der Waals surface area contributed by atoms with E-state index >= 15 is 0 Å². The van der Waals surface area contributed by atoms with Gasteiger partial charge in [0.25, 0.3) is 5.91 Å². The zero-order chi connectivity index (χ0) is 15.0. The Labute approximate surface area is 115 Å². The lowest BCUT2D eigenvalue weighted by molar-refractivity contribution is -0.133. The molecule has 4 nitrogen and oxygen atoms in total. The summed E-state index contributed by atoms with van der Waals surface area (Å²) in [6.07, 6.45) is 0. The topological polar surface area (TPSA) is 49.8 Å². The van der Waals surface area contributed by atoms with Crippen LogP contribution in [0.4, 0.5) is 5.69 Å². The molecule has 0 aliphatic heterocycles. The fourth-order valence-corrected chi connectivity index (χ4v) is 2.27. The zero-order valence-electron chi connectivity index (χ0n) is 12.8. The number of amides is 1. The van der Waals surface area contributed by atoms with Gasteiger partial charge in [-0.1, -0.05) is 0 Å². The van der Waals surface area contributed by atoms with Crippen molar-refractivity contribution in [1.29, 1.82) is 0 Å². The number of hydrogen-bond acceptors (Lipinski definition) is 3. The summed E-state index contributed by atoms with van der Waals surface area (Å²) < 4.78 is 5.32. The Balaban J connectivity index is 3.36. The smallest absolute Gasteiger partial charge is 0.258 e. The molecule has 106 valence electrons. The second-order valence-electron chi connectivity index (χ2n) is 5.42. The number of aryl methyl sites for hydroxylation is 1. The monoisotopic (exact) mass is 265 g/mol. The van der Waals surface area contributed by atoms with Crippen molar-refractivity contribution in [2.75, 3.05) is 19.1 Å². The second-order valence-corrected chi connectivity index (χ2v) is 5.42. The summed E-state index contributed by atoms with van der Waals surface area (Å²) in [7, 11) is 3.31. The third-order valence-corrected chi connectivity index (χ3v) is 3.39. The van der Waals surface area contributed by atoms with Gasteiger partial charge in [0.2, 0.25) is 0 Å². The summed E-state index contributed by atoms with van der Waals surface area (Å²) in [5.74, 6) is 0.478. The van der Waals surface area contributed by atoms with Gasteiger partial charge < -0.3 is 14.7 Å². The maximum Gasteiger partial charge on any atom is 0.258 e. The number of benzene rings is 1. The van der Waals surface area contributed by atoms with E-state index in [1.165, 1.54) is 18.7 Å². The fourth-order valence-electron chi connectivity index (χ4n) is 2.27. The maximum atomic E-state index is 12.2. The molecule has 0 saturated carbocycles. The molecule has 0 heterocycles. The molecule has 1 rings (SSSR count). The van der Waals surface area contributed by atoms with Crippen LogP contribution >= 0.6 is 0 Å². The number of carbonyl (C=O) groups is 1. The minimum atomic E-state index is -1.39. The molecule has 19 heavy (non-hydrogen) atoms. The molecule has 1 aromatic rings. The molecule has 0 spiro atoms. The highest BCUT2D eigenvalue weighted by Gasteiger charge is 2.30. The molecule has 0 aliphatic carbocycles. The third kappa shape index (κ3) is 2.89. The molecule has 0 fully saturated rings. The van der Waals surface area contributed by atoms with Gasteiger partial charge in [0, 0.05) is 12.7 Å². The van der Waals surface area contributed by atoms with Crippen molar-refractivity contribution in [2.24, 2.45) is 0 Å². The molecule has 0 aliphatic rings. The van der Waals surface area contributed by atoms with Crippen molar-refractivity contribution < 1.29 is 14.6 Å². The number of methoxy groups -OCH3 is 1. The van der Waals surface area contributed by atoms with Crippen LogP contribution in [0.3, 0.4) is 0 Å². The Morgan fingerprint density at radius 2 is 1.79 bits per heavy atom. The van der Waals surface area contributed by atoms with Crippen molar-refractivity contribution in [2.45, 2.75) is 40.2 Å². The van der Waals surface area contributed by atoms with E-state index in [9.17, 15) is 9.90 Å². The van der Waals surface area contributed by atoms with Crippen LogP contribution in [0.1, 0.15) is 30.5 Å². The summed E-state index contributed by atoms with van der Waals surface area (Å²) in [5.41, 5.74) is 2.36. The molecule has 1 amide bonds. The molecule has 0 saturated heterocycles. The van der Waals surface area contributed by atoms with Crippen LogP contribution < -0.4 is 9.64 Å². The SMILES string of the molecule is COc1cc(C)c(N(C)C(=O)C(C)(C)O)c(C)c1C. The van der Waals surface area contributed by atoms with E-state index in [-0.39, 0.29) is 5.91 Å². The van der Waals surface area contributed by atoms with Crippen LogP contribution in [-0.2, 0) is 4.79 Å². The first-order valence-electron chi connectivity index (χ1n) is 6.26. The van der Waals surface area contributed by atoms with Gasteiger partial charge in [0.05, 0.1) is 7.11 Å². The van der Waals surface area contributed by atoms with Crippen LogP contribution in [0.25, 0.3) is 0 Å². The Kier molecular flexibility index (Phi) is 4.25. The first-order valence-corrected chi connectivity index (χ1v) is 6.26. The van der Waals surface area contributed by atoms with E-state index < -0.39 is 5.60 Å². The van der Waals surface area contributed by atoms with Crippen molar-refractivity contribution in [3.63, 3.8) is 0 Å². The lowest BCUT2D eigenvalue weighted by Gasteiger charge is -2.28. The molecule has 0 radical (unpaired) electrons. The van der Waals surface area contributed by atoms with Crippen LogP contribution in [0.5, 0.6) is 5.75 Å². The quantitative estimate of drug-likeness (QED) is 0.912. The average molecular weight is 265 g/mol. The highest BCUT2D eigenvalue weighted by atomic mass is 16.5. The lowest BCUT2D eigenvalue weighted by Crippen LogP contribution is -2.43. The number of anilines is 1. The predicted octanol–water partition coefficient (Wildman–Crippen LogP) is 2.35. The molecule has 0 aromatic heterocycles. The first-order chi connectivity index (χ1) is 8.61. The molecule has 0 bridgehead atoms. The van der Waals surface area contributed by atoms with E-state index in [4.69, 9.17) is 4.74 Å². The minimum Gasteiger partial charge on any atom is -0.496 e. The van der Waals surface area contributed by atoms with Crippen molar-refractivity contribution in [3.05, 3.63) is 22.8 Å². The van der Waals surface area contributed by atoms with Crippen LogP contribution in [0, 0.1) is 20.8 Å². The van der Waals surface area contributed by atoms with Crippen molar-refractivity contribution in [3.8, 4) is 5.75 Å². The van der Waals surface area contributed by atoms with Crippen LogP contribution in [0.15, 0.2) is 6.07 Å². The molecule has 0 unspecified atom stereocenters. The van der Waals surface area contributed by atoms with Crippen molar-refractivity contribution >= 4 is 11.6 Å². The molecule has 4 heteroatoms. The Morgan fingerprint density at radius 1 is 1.26 bits per heavy atom. The first kappa shape index (κ1) is 15.5.